The first-order chi connectivity index (χ1) is 10.0. The van der Waals surface area contributed by atoms with Gasteiger partial charge >= 0.3 is 0 Å². The zero-order chi connectivity index (χ0) is 15.0. The Bertz CT molecular complexity index is 778. The summed E-state index contributed by atoms with van der Waals surface area (Å²) in [7, 11) is 0. The lowest BCUT2D eigenvalue weighted by atomic mass is 10.0. The molecule has 0 bridgehead atoms. The van der Waals surface area contributed by atoms with Gasteiger partial charge in [0.2, 0.25) is 5.28 Å². The molecule has 3 rings (SSSR count). The van der Waals surface area contributed by atoms with Crippen LogP contribution in [0, 0.1) is 6.92 Å². The molecular weight excluding hydrogens is 302 g/mol. The average Bonchev–Trinajstić information content (AvgIpc) is 2.79. The minimum absolute atomic E-state index is 0.269. The predicted octanol–water partition coefficient (Wildman–Crippen LogP) is 5.52. The van der Waals surface area contributed by atoms with Crippen LogP contribution in [0.2, 0.25) is 5.28 Å². The first kappa shape index (κ1) is 14.3. The highest BCUT2D eigenvalue weighted by Gasteiger charge is 2.10. The van der Waals surface area contributed by atoms with E-state index in [9.17, 15) is 0 Å². The molecule has 0 saturated carbocycles. The van der Waals surface area contributed by atoms with Crippen LogP contribution in [0.1, 0.15) is 30.2 Å². The van der Waals surface area contributed by atoms with Crippen LogP contribution in [0.25, 0.3) is 10.2 Å². The minimum Gasteiger partial charge on any atom is -0.340 e. The lowest BCUT2D eigenvalue weighted by Gasteiger charge is -2.09. The Labute approximate surface area is 133 Å². The number of hydrogen-bond donors (Lipinski definition) is 1. The van der Waals surface area contributed by atoms with E-state index in [0.717, 1.165) is 21.7 Å². The van der Waals surface area contributed by atoms with E-state index in [0.29, 0.717) is 5.92 Å². The molecule has 0 aliphatic carbocycles. The monoisotopic (exact) mass is 317 g/mol. The first-order valence-electron chi connectivity index (χ1n) is 6.83. The number of halogens is 1. The van der Waals surface area contributed by atoms with Crippen LogP contribution < -0.4 is 5.32 Å². The van der Waals surface area contributed by atoms with E-state index in [1.54, 1.807) is 11.3 Å². The lowest BCUT2D eigenvalue weighted by Crippen LogP contribution is -1.96. The largest absolute Gasteiger partial charge is 0.340 e. The zero-order valence-corrected chi connectivity index (χ0v) is 13.7. The van der Waals surface area contributed by atoms with Gasteiger partial charge < -0.3 is 5.32 Å². The molecule has 0 radical (unpaired) electrons. The van der Waals surface area contributed by atoms with Crippen molar-refractivity contribution in [1.29, 1.82) is 0 Å². The molecule has 0 aliphatic rings. The van der Waals surface area contributed by atoms with Gasteiger partial charge in [-0.25, -0.2) is 4.98 Å². The molecule has 0 aliphatic heterocycles. The second-order valence-electron chi connectivity index (χ2n) is 5.32. The second kappa shape index (κ2) is 5.62. The summed E-state index contributed by atoms with van der Waals surface area (Å²) in [4.78, 5) is 10.7. The van der Waals surface area contributed by atoms with E-state index in [2.05, 4.69) is 66.4 Å². The maximum absolute atomic E-state index is 6.01. The summed E-state index contributed by atoms with van der Waals surface area (Å²) in [6.45, 7) is 6.43. The van der Waals surface area contributed by atoms with Crippen molar-refractivity contribution in [3.05, 3.63) is 46.1 Å². The number of hydrogen-bond acceptors (Lipinski definition) is 4. The van der Waals surface area contributed by atoms with Crippen LogP contribution >= 0.6 is 22.9 Å². The summed E-state index contributed by atoms with van der Waals surface area (Å²) >= 11 is 7.63. The highest BCUT2D eigenvalue weighted by Crippen LogP contribution is 2.31. The highest BCUT2D eigenvalue weighted by molar-refractivity contribution is 7.18. The van der Waals surface area contributed by atoms with Crippen LogP contribution in [0.5, 0.6) is 0 Å². The second-order valence-corrected chi connectivity index (χ2v) is 6.89. The van der Waals surface area contributed by atoms with Crippen molar-refractivity contribution in [2.75, 3.05) is 5.32 Å². The zero-order valence-electron chi connectivity index (χ0n) is 12.1. The van der Waals surface area contributed by atoms with Gasteiger partial charge in [-0.2, -0.15) is 4.98 Å². The average molecular weight is 318 g/mol. The van der Waals surface area contributed by atoms with Crippen molar-refractivity contribution >= 4 is 44.7 Å². The van der Waals surface area contributed by atoms with Crippen molar-refractivity contribution in [2.24, 2.45) is 0 Å². The lowest BCUT2D eigenvalue weighted by molar-refractivity contribution is 0.867. The van der Waals surface area contributed by atoms with Gasteiger partial charge in [-0.1, -0.05) is 26.0 Å². The Balaban J connectivity index is 1.97. The molecule has 0 amide bonds. The summed E-state index contributed by atoms with van der Waals surface area (Å²) in [5, 5.41) is 4.62. The SMILES string of the molecule is Cc1cc2c(Nc3ccc(C(C)C)cc3)nc(Cl)nc2s1. The number of nitrogens with zero attached hydrogens (tertiary/aromatic N) is 2. The van der Waals surface area contributed by atoms with Gasteiger partial charge in [-0.05, 0) is 48.2 Å². The summed E-state index contributed by atoms with van der Waals surface area (Å²) in [5.41, 5.74) is 2.32. The van der Waals surface area contributed by atoms with Gasteiger partial charge in [-0.3, -0.25) is 0 Å². The molecule has 1 aromatic carbocycles. The van der Waals surface area contributed by atoms with E-state index < -0.39 is 0 Å². The van der Waals surface area contributed by atoms with E-state index in [1.807, 2.05) is 0 Å². The number of rotatable bonds is 3. The van der Waals surface area contributed by atoms with Crippen LogP contribution in [0.3, 0.4) is 0 Å². The number of nitrogens with one attached hydrogen (secondary N) is 1. The molecule has 0 spiro atoms. The van der Waals surface area contributed by atoms with Crippen molar-refractivity contribution in [3.8, 4) is 0 Å². The molecule has 2 heterocycles. The van der Waals surface area contributed by atoms with E-state index >= 15 is 0 Å². The normalized spacial score (nSPS) is 11.3. The van der Waals surface area contributed by atoms with E-state index in [4.69, 9.17) is 11.6 Å². The predicted molar refractivity (Wildman–Crippen MR) is 91.0 cm³/mol. The van der Waals surface area contributed by atoms with Gasteiger partial charge in [0.05, 0.1) is 5.39 Å². The smallest absolute Gasteiger partial charge is 0.225 e. The van der Waals surface area contributed by atoms with Crippen LogP contribution in [-0.4, -0.2) is 9.97 Å². The van der Waals surface area contributed by atoms with Gasteiger partial charge in [0.15, 0.2) is 0 Å². The summed E-state index contributed by atoms with van der Waals surface area (Å²) in [5.74, 6) is 1.28. The van der Waals surface area contributed by atoms with Crippen molar-refractivity contribution in [1.82, 2.24) is 9.97 Å². The van der Waals surface area contributed by atoms with Gasteiger partial charge in [0, 0.05) is 10.6 Å². The number of thiophene rings is 1. The Kier molecular flexibility index (Phi) is 3.83. The van der Waals surface area contributed by atoms with Crippen LogP contribution in [0.15, 0.2) is 30.3 Å². The summed E-state index contributed by atoms with van der Waals surface area (Å²) < 4.78 is 0. The molecule has 3 aromatic rings. The molecule has 0 atom stereocenters. The van der Waals surface area contributed by atoms with Gasteiger partial charge in [-0.15, -0.1) is 11.3 Å². The first-order valence-corrected chi connectivity index (χ1v) is 8.03. The molecule has 2 aromatic heterocycles. The molecule has 0 fully saturated rings. The molecular formula is C16H16ClN3S. The Hall–Kier alpha value is -1.65. The Morgan fingerprint density at radius 2 is 1.86 bits per heavy atom. The Morgan fingerprint density at radius 1 is 1.14 bits per heavy atom. The molecule has 0 unspecified atom stereocenters. The summed E-state index contributed by atoms with van der Waals surface area (Å²) in [6.07, 6.45) is 0. The molecule has 5 heteroatoms. The molecule has 21 heavy (non-hydrogen) atoms. The van der Waals surface area contributed by atoms with Crippen molar-refractivity contribution in [2.45, 2.75) is 26.7 Å². The fourth-order valence-corrected chi connectivity index (χ4v) is 3.30. The molecule has 0 saturated heterocycles. The number of aromatic nitrogens is 2. The van der Waals surface area contributed by atoms with E-state index in [-0.39, 0.29) is 5.28 Å². The number of fused-ring (bicyclic) bond motifs is 1. The number of anilines is 2. The minimum atomic E-state index is 0.269. The molecule has 3 nitrogen and oxygen atoms in total. The maximum Gasteiger partial charge on any atom is 0.225 e. The fourth-order valence-electron chi connectivity index (χ4n) is 2.20. The van der Waals surface area contributed by atoms with Gasteiger partial charge in [0.1, 0.15) is 10.6 Å². The topological polar surface area (TPSA) is 37.8 Å². The Morgan fingerprint density at radius 3 is 2.52 bits per heavy atom. The fraction of sp³-hybridized carbons (Fsp3) is 0.250. The third-order valence-corrected chi connectivity index (χ3v) is 4.44. The quantitative estimate of drug-likeness (QED) is 0.646. The van der Waals surface area contributed by atoms with Crippen LogP contribution in [-0.2, 0) is 0 Å². The standard InChI is InChI=1S/C16H16ClN3S/c1-9(2)11-4-6-12(7-5-11)18-14-13-8-10(3)21-15(13)20-16(17)19-14/h4-9H,1-3H3,(H,18,19,20). The summed E-state index contributed by atoms with van der Waals surface area (Å²) in [6, 6.07) is 10.5. The third-order valence-electron chi connectivity index (χ3n) is 3.33. The number of benzene rings is 1. The van der Waals surface area contributed by atoms with Crippen molar-refractivity contribution < 1.29 is 0 Å². The van der Waals surface area contributed by atoms with E-state index in [1.165, 1.54) is 10.4 Å². The van der Waals surface area contributed by atoms with Crippen LogP contribution in [0.4, 0.5) is 11.5 Å². The maximum atomic E-state index is 6.01. The van der Waals surface area contributed by atoms with Gasteiger partial charge in [0.25, 0.3) is 0 Å². The molecule has 1 N–H and O–H groups in total. The number of aryl methyl sites for hydroxylation is 1. The van der Waals surface area contributed by atoms with Crippen molar-refractivity contribution in [3.63, 3.8) is 0 Å². The highest BCUT2D eigenvalue weighted by atomic mass is 35.5. The third kappa shape index (κ3) is 3.01. The molecule has 108 valence electrons.